The second-order valence-electron chi connectivity index (χ2n) is 7.75. The molecule has 2 aliphatic rings. The highest BCUT2D eigenvalue weighted by Gasteiger charge is 2.40. The van der Waals surface area contributed by atoms with Gasteiger partial charge in [0.2, 0.25) is 5.91 Å². The van der Waals surface area contributed by atoms with Crippen molar-refractivity contribution in [1.82, 2.24) is 5.32 Å². The van der Waals surface area contributed by atoms with E-state index in [-0.39, 0.29) is 5.91 Å². The molecule has 1 aliphatic carbocycles. The highest BCUT2D eigenvalue weighted by atomic mass is 32.2. The number of hydrogen-bond acceptors (Lipinski definition) is 8. The molecule has 1 fully saturated rings. The lowest BCUT2D eigenvalue weighted by atomic mass is 10.0. The molecule has 2 atom stereocenters. The van der Waals surface area contributed by atoms with E-state index in [4.69, 9.17) is 14.4 Å². The zero-order valence-electron chi connectivity index (χ0n) is 16.9. The molecule has 0 bridgehead atoms. The summed E-state index contributed by atoms with van der Waals surface area (Å²) in [6.45, 7) is 5.96. The van der Waals surface area contributed by atoms with Gasteiger partial charge in [-0.25, -0.2) is 4.79 Å². The standard InChI is InChI=1S/C20H27N3O5S/c1-4-5-15(16-8-14(9-17(24)28-16)27-10-13-6-7-13)21-19(25)20(3)11-29-18(22-20)12(2)23-26/h8-9,13,15,26H,4-7,10-11H2,1-3H3,(H,21,25)/b23-12+. The Morgan fingerprint density at radius 2 is 2.28 bits per heavy atom. The van der Waals surface area contributed by atoms with Gasteiger partial charge in [0.05, 0.1) is 18.7 Å². The first-order chi connectivity index (χ1) is 13.8. The van der Waals surface area contributed by atoms with Crippen molar-refractivity contribution in [3.05, 3.63) is 28.3 Å². The predicted octanol–water partition coefficient (Wildman–Crippen LogP) is 3.14. The molecule has 1 saturated carbocycles. The van der Waals surface area contributed by atoms with Crippen LogP contribution in [0.15, 0.2) is 31.5 Å². The molecule has 2 N–H and O–H groups in total. The van der Waals surface area contributed by atoms with E-state index in [0.29, 0.717) is 47.0 Å². The molecule has 0 spiro atoms. The summed E-state index contributed by atoms with van der Waals surface area (Å²) in [5.41, 5.74) is -1.11. The lowest BCUT2D eigenvalue weighted by molar-refractivity contribution is -0.125. The van der Waals surface area contributed by atoms with E-state index < -0.39 is 17.2 Å². The largest absolute Gasteiger partial charge is 0.493 e. The lowest BCUT2D eigenvalue weighted by Gasteiger charge is -2.24. The van der Waals surface area contributed by atoms with Gasteiger partial charge in [-0.1, -0.05) is 18.5 Å². The quantitative estimate of drug-likeness (QED) is 0.360. The van der Waals surface area contributed by atoms with Gasteiger partial charge in [0.25, 0.3) is 0 Å². The van der Waals surface area contributed by atoms with Gasteiger partial charge < -0.3 is 19.7 Å². The van der Waals surface area contributed by atoms with Crippen molar-refractivity contribution in [1.29, 1.82) is 0 Å². The molecule has 3 rings (SSSR count). The van der Waals surface area contributed by atoms with Crippen LogP contribution < -0.4 is 15.7 Å². The number of nitrogens with one attached hydrogen (secondary N) is 1. The molecular formula is C20H27N3O5S. The Labute approximate surface area is 173 Å². The minimum absolute atomic E-state index is 0.267. The van der Waals surface area contributed by atoms with Gasteiger partial charge in [-0.3, -0.25) is 9.79 Å². The number of amides is 1. The fourth-order valence-corrected chi connectivity index (χ4v) is 4.09. The van der Waals surface area contributed by atoms with Gasteiger partial charge in [-0.05, 0) is 39.0 Å². The second kappa shape index (κ2) is 9.02. The zero-order chi connectivity index (χ0) is 21.0. The van der Waals surface area contributed by atoms with Crippen molar-refractivity contribution >= 4 is 28.4 Å². The maximum absolute atomic E-state index is 13.0. The minimum Gasteiger partial charge on any atom is -0.493 e. The average Bonchev–Trinajstić information content (AvgIpc) is 3.44. The number of rotatable bonds is 9. The van der Waals surface area contributed by atoms with Crippen molar-refractivity contribution in [3.63, 3.8) is 0 Å². The molecule has 9 heteroatoms. The van der Waals surface area contributed by atoms with Crippen LogP contribution in [0.3, 0.4) is 0 Å². The fraction of sp³-hybridized carbons (Fsp3) is 0.600. The number of carbonyl (C=O) groups is 1. The number of ether oxygens (including phenoxy) is 1. The van der Waals surface area contributed by atoms with Crippen molar-refractivity contribution in [3.8, 4) is 5.75 Å². The van der Waals surface area contributed by atoms with Crippen molar-refractivity contribution < 1.29 is 19.2 Å². The molecule has 2 unspecified atom stereocenters. The highest BCUT2D eigenvalue weighted by molar-refractivity contribution is 8.16. The van der Waals surface area contributed by atoms with Crippen molar-refractivity contribution in [2.24, 2.45) is 16.1 Å². The van der Waals surface area contributed by atoms with Gasteiger partial charge in [-0.15, -0.1) is 11.8 Å². The van der Waals surface area contributed by atoms with Crippen molar-refractivity contribution in [2.75, 3.05) is 12.4 Å². The molecule has 29 heavy (non-hydrogen) atoms. The third-order valence-electron chi connectivity index (χ3n) is 4.96. The SMILES string of the molecule is CCCC(NC(=O)C1(C)CSC(/C(C)=N/O)=N1)c1cc(OCC2CC2)cc(=O)o1. The van der Waals surface area contributed by atoms with E-state index in [9.17, 15) is 9.59 Å². The Bertz CT molecular complexity index is 877. The number of nitrogens with zero attached hydrogens (tertiary/aromatic N) is 2. The smallest absolute Gasteiger partial charge is 0.339 e. The number of carbonyl (C=O) groups excluding carboxylic acids is 1. The fourth-order valence-electron chi connectivity index (χ4n) is 2.96. The molecule has 158 valence electrons. The normalized spacial score (nSPS) is 22.9. The number of hydrogen-bond donors (Lipinski definition) is 2. The van der Waals surface area contributed by atoms with E-state index in [1.54, 1.807) is 19.9 Å². The van der Waals surface area contributed by atoms with E-state index in [1.165, 1.54) is 17.8 Å². The number of aliphatic imine (C=N–C) groups is 1. The third kappa shape index (κ3) is 5.41. The summed E-state index contributed by atoms with van der Waals surface area (Å²) in [7, 11) is 0. The Balaban J connectivity index is 1.77. The Morgan fingerprint density at radius 1 is 1.52 bits per heavy atom. The maximum Gasteiger partial charge on any atom is 0.339 e. The summed E-state index contributed by atoms with van der Waals surface area (Å²) < 4.78 is 11.1. The Hall–Kier alpha value is -2.29. The maximum atomic E-state index is 13.0. The van der Waals surface area contributed by atoms with E-state index in [1.807, 2.05) is 6.92 Å². The van der Waals surface area contributed by atoms with Crippen LogP contribution in [-0.4, -0.2) is 39.8 Å². The summed E-state index contributed by atoms with van der Waals surface area (Å²) in [5.74, 6) is 1.58. The predicted molar refractivity (Wildman–Crippen MR) is 112 cm³/mol. The zero-order valence-corrected chi connectivity index (χ0v) is 17.8. The Morgan fingerprint density at radius 3 is 2.93 bits per heavy atom. The summed E-state index contributed by atoms with van der Waals surface area (Å²) >= 11 is 1.37. The molecule has 1 aromatic heterocycles. The first kappa shape index (κ1) is 21.4. The monoisotopic (exact) mass is 421 g/mol. The van der Waals surface area contributed by atoms with Crippen LogP contribution in [0, 0.1) is 5.92 Å². The van der Waals surface area contributed by atoms with Gasteiger partial charge in [-0.2, -0.15) is 0 Å². The Kier molecular flexibility index (Phi) is 6.66. The molecule has 1 aliphatic heterocycles. The topological polar surface area (TPSA) is 113 Å². The van der Waals surface area contributed by atoms with E-state index in [0.717, 1.165) is 19.3 Å². The first-order valence-electron chi connectivity index (χ1n) is 9.85. The van der Waals surface area contributed by atoms with Gasteiger partial charge in [0.1, 0.15) is 27.8 Å². The van der Waals surface area contributed by atoms with Crippen LogP contribution in [0.25, 0.3) is 0 Å². The molecule has 0 saturated heterocycles. The van der Waals surface area contributed by atoms with Crippen LogP contribution >= 0.6 is 11.8 Å². The van der Waals surface area contributed by atoms with Gasteiger partial charge >= 0.3 is 5.63 Å². The van der Waals surface area contributed by atoms with Crippen LogP contribution in [0.4, 0.5) is 0 Å². The summed E-state index contributed by atoms with van der Waals surface area (Å²) in [5, 5.41) is 15.6. The van der Waals surface area contributed by atoms with Crippen molar-refractivity contribution in [2.45, 2.75) is 58.0 Å². The molecule has 2 heterocycles. The second-order valence-corrected chi connectivity index (χ2v) is 8.71. The number of oxime groups is 1. The summed E-state index contributed by atoms with van der Waals surface area (Å²) in [4.78, 5) is 29.5. The molecule has 1 aromatic rings. The summed E-state index contributed by atoms with van der Waals surface area (Å²) in [6.07, 6.45) is 3.71. The van der Waals surface area contributed by atoms with Gasteiger partial charge in [0, 0.05) is 11.8 Å². The molecule has 8 nitrogen and oxygen atoms in total. The molecule has 1 amide bonds. The van der Waals surface area contributed by atoms with Crippen LogP contribution in [0.1, 0.15) is 58.3 Å². The lowest BCUT2D eigenvalue weighted by Crippen LogP contribution is -2.45. The van der Waals surface area contributed by atoms with E-state index >= 15 is 0 Å². The van der Waals surface area contributed by atoms with E-state index in [2.05, 4.69) is 15.5 Å². The van der Waals surface area contributed by atoms with Crippen LogP contribution in [0.5, 0.6) is 5.75 Å². The third-order valence-corrected chi connectivity index (χ3v) is 6.33. The first-order valence-corrected chi connectivity index (χ1v) is 10.8. The number of thioether (sulfide) groups is 1. The van der Waals surface area contributed by atoms with Crippen LogP contribution in [-0.2, 0) is 4.79 Å². The molecule has 0 aromatic carbocycles. The molecular weight excluding hydrogens is 394 g/mol. The summed E-state index contributed by atoms with van der Waals surface area (Å²) in [6, 6.07) is 2.56. The average molecular weight is 422 g/mol. The highest BCUT2D eigenvalue weighted by Crippen LogP contribution is 2.31. The molecule has 0 radical (unpaired) electrons. The van der Waals surface area contributed by atoms with Crippen LogP contribution in [0.2, 0.25) is 0 Å². The van der Waals surface area contributed by atoms with Gasteiger partial charge in [0.15, 0.2) is 0 Å². The minimum atomic E-state index is -0.988.